The molecule has 0 aromatic heterocycles. The number of carbonyl (C=O) groups excluding carboxylic acids is 1. The highest BCUT2D eigenvalue weighted by atomic mass is 16.2. The van der Waals surface area contributed by atoms with Gasteiger partial charge in [-0.15, -0.1) is 0 Å². The van der Waals surface area contributed by atoms with Crippen LogP contribution < -0.4 is 10.6 Å². The molecule has 0 spiro atoms. The van der Waals surface area contributed by atoms with Gasteiger partial charge in [-0.1, -0.05) is 39.0 Å². The average Bonchev–Trinajstić information content (AvgIpc) is 2.17. The maximum Gasteiger partial charge on any atom is 0.314 e. The molecule has 0 heterocycles. The van der Waals surface area contributed by atoms with E-state index in [1.54, 1.807) is 0 Å². The van der Waals surface area contributed by atoms with Crippen LogP contribution in [-0.4, -0.2) is 19.1 Å². The number of amides is 2. The van der Waals surface area contributed by atoms with Crippen LogP contribution in [0.25, 0.3) is 0 Å². The van der Waals surface area contributed by atoms with E-state index in [0.717, 1.165) is 13.0 Å². The van der Waals surface area contributed by atoms with Crippen molar-refractivity contribution in [3.8, 4) is 0 Å². The molecule has 2 amide bonds. The van der Waals surface area contributed by atoms with Crippen molar-refractivity contribution in [3.05, 3.63) is 0 Å². The lowest BCUT2D eigenvalue weighted by Gasteiger charge is -2.05. The summed E-state index contributed by atoms with van der Waals surface area (Å²) >= 11 is 0. The van der Waals surface area contributed by atoms with E-state index in [9.17, 15) is 4.79 Å². The fourth-order valence-corrected chi connectivity index (χ4v) is 1.33. The third-order valence-corrected chi connectivity index (χ3v) is 2.15. The third kappa shape index (κ3) is 9.36. The predicted molar refractivity (Wildman–Crippen MR) is 60.5 cm³/mol. The Bertz CT molecular complexity index is 137. The summed E-state index contributed by atoms with van der Waals surface area (Å²) in [5, 5.41) is 5.53. The Morgan fingerprint density at radius 3 is 2.21 bits per heavy atom. The van der Waals surface area contributed by atoms with Crippen LogP contribution in [0.3, 0.4) is 0 Å². The number of rotatable bonds is 8. The number of carbonyl (C=O) groups is 1. The second kappa shape index (κ2) is 10.4. The maximum atomic E-state index is 11.0. The minimum atomic E-state index is -0.0407. The second-order valence-electron chi connectivity index (χ2n) is 3.55. The fourth-order valence-electron chi connectivity index (χ4n) is 1.33. The van der Waals surface area contributed by atoms with Gasteiger partial charge in [-0.05, 0) is 13.3 Å². The molecule has 0 saturated heterocycles. The Kier molecular flexibility index (Phi) is 9.81. The molecule has 0 saturated carbocycles. The summed E-state index contributed by atoms with van der Waals surface area (Å²) in [6.07, 6.45) is 7.58. The van der Waals surface area contributed by atoms with Gasteiger partial charge in [0.2, 0.25) is 0 Å². The summed E-state index contributed by atoms with van der Waals surface area (Å²) < 4.78 is 0. The molecule has 0 radical (unpaired) electrons. The molecule has 2 N–H and O–H groups in total. The minimum absolute atomic E-state index is 0.0407. The van der Waals surface area contributed by atoms with Gasteiger partial charge in [-0.2, -0.15) is 0 Å². The number of unbranched alkanes of at least 4 members (excludes halogenated alkanes) is 5. The SMILES string of the molecule is CCCCCCCCNC(=O)NCC. The summed E-state index contributed by atoms with van der Waals surface area (Å²) in [7, 11) is 0. The molecule has 0 bridgehead atoms. The van der Waals surface area contributed by atoms with E-state index < -0.39 is 0 Å². The van der Waals surface area contributed by atoms with E-state index in [1.165, 1.54) is 32.1 Å². The van der Waals surface area contributed by atoms with Gasteiger partial charge >= 0.3 is 6.03 Å². The topological polar surface area (TPSA) is 41.1 Å². The van der Waals surface area contributed by atoms with Gasteiger partial charge in [0.15, 0.2) is 0 Å². The monoisotopic (exact) mass is 200 g/mol. The molecule has 14 heavy (non-hydrogen) atoms. The number of urea groups is 1. The number of hydrogen-bond acceptors (Lipinski definition) is 1. The number of nitrogens with one attached hydrogen (secondary N) is 2. The Morgan fingerprint density at radius 1 is 0.929 bits per heavy atom. The van der Waals surface area contributed by atoms with Crippen LogP contribution in [0.2, 0.25) is 0 Å². The third-order valence-electron chi connectivity index (χ3n) is 2.15. The van der Waals surface area contributed by atoms with Crippen LogP contribution in [0.4, 0.5) is 4.79 Å². The standard InChI is InChI=1S/C11H24N2O/c1-3-5-6-7-8-9-10-13-11(14)12-4-2/h3-10H2,1-2H3,(H2,12,13,14). The molecule has 0 fully saturated rings. The Hall–Kier alpha value is -0.730. The van der Waals surface area contributed by atoms with Gasteiger partial charge in [0.25, 0.3) is 0 Å². The van der Waals surface area contributed by atoms with Crippen molar-refractivity contribution in [3.63, 3.8) is 0 Å². The lowest BCUT2D eigenvalue weighted by Crippen LogP contribution is -2.35. The van der Waals surface area contributed by atoms with Gasteiger partial charge in [-0.25, -0.2) is 4.79 Å². The van der Waals surface area contributed by atoms with E-state index >= 15 is 0 Å². The van der Waals surface area contributed by atoms with Gasteiger partial charge < -0.3 is 10.6 Å². The normalized spacial score (nSPS) is 9.86. The summed E-state index contributed by atoms with van der Waals surface area (Å²) in [5.74, 6) is 0. The molecule has 0 aromatic rings. The predicted octanol–water partition coefficient (Wildman–Crippen LogP) is 2.67. The van der Waals surface area contributed by atoms with E-state index in [1.807, 2.05) is 6.92 Å². The Morgan fingerprint density at radius 2 is 1.57 bits per heavy atom. The Labute approximate surface area is 87.6 Å². The molecule has 84 valence electrons. The van der Waals surface area contributed by atoms with Crippen LogP contribution in [0, 0.1) is 0 Å². The summed E-state index contributed by atoms with van der Waals surface area (Å²) in [6, 6.07) is -0.0407. The molecule has 0 unspecified atom stereocenters. The molecule has 3 heteroatoms. The number of hydrogen-bond donors (Lipinski definition) is 2. The fraction of sp³-hybridized carbons (Fsp3) is 0.909. The smallest absolute Gasteiger partial charge is 0.314 e. The highest BCUT2D eigenvalue weighted by molar-refractivity contribution is 5.73. The molecule has 0 aliphatic carbocycles. The van der Waals surface area contributed by atoms with Crippen molar-refractivity contribution in [1.29, 1.82) is 0 Å². The highest BCUT2D eigenvalue weighted by Gasteiger charge is 1.95. The molecule has 0 rings (SSSR count). The lowest BCUT2D eigenvalue weighted by atomic mass is 10.1. The van der Waals surface area contributed by atoms with Crippen LogP contribution in [0.5, 0.6) is 0 Å². The first-order chi connectivity index (χ1) is 6.81. The van der Waals surface area contributed by atoms with Gasteiger partial charge in [0.1, 0.15) is 0 Å². The molecule has 0 aliphatic heterocycles. The molecular formula is C11H24N2O. The minimum Gasteiger partial charge on any atom is -0.338 e. The molecular weight excluding hydrogens is 176 g/mol. The van der Waals surface area contributed by atoms with Crippen molar-refractivity contribution >= 4 is 6.03 Å². The molecule has 3 nitrogen and oxygen atoms in total. The van der Waals surface area contributed by atoms with Crippen molar-refractivity contribution in [2.24, 2.45) is 0 Å². The molecule has 0 aromatic carbocycles. The zero-order valence-corrected chi connectivity index (χ0v) is 9.57. The van der Waals surface area contributed by atoms with Gasteiger partial charge in [-0.3, -0.25) is 0 Å². The van der Waals surface area contributed by atoms with E-state index in [0.29, 0.717) is 6.54 Å². The quantitative estimate of drug-likeness (QED) is 0.581. The van der Waals surface area contributed by atoms with Crippen LogP contribution in [0.1, 0.15) is 52.4 Å². The molecule has 0 aliphatic rings. The van der Waals surface area contributed by atoms with E-state index in [4.69, 9.17) is 0 Å². The maximum absolute atomic E-state index is 11.0. The average molecular weight is 200 g/mol. The zero-order valence-electron chi connectivity index (χ0n) is 9.57. The first-order valence-electron chi connectivity index (χ1n) is 5.83. The van der Waals surface area contributed by atoms with Gasteiger partial charge in [0.05, 0.1) is 0 Å². The van der Waals surface area contributed by atoms with Gasteiger partial charge in [0, 0.05) is 13.1 Å². The second-order valence-corrected chi connectivity index (χ2v) is 3.55. The zero-order chi connectivity index (χ0) is 10.6. The first-order valence-corrected chi connectivity index (χ1v) is 5.83. The van der Waals surface area contributed by atoms with Crippen LogP contribution >= 0.6 is 0 Å². The van der Waals surface area contributed by atoms with Crippen LogP contribution in [-0.2, 0) is 0 Å². The Balaban J connectivity index is 3.01. The van der Waals surface area contributed by atoms with E-state index in [-0.39, 0.29) is 6.03 Å². The summed E-state index contributed by atoms with van der Waals surface area (Å²) in [4.78, 5) is 11.0. The van der Waals surface area contributed by atoms with Crippen molar-refractivity contribution in [2.75, 3.05) is 13.1 Å². The van der Waals surface area contributed by atoms with E-state index in [2.05, 4.69) is 17.6 Å². The molecule has 0 atom stereocenters. The highest BCUT2D eigenvalue weighted by Crippen LogP contribution is 2.03. The summed E-state index contributed by atoms with van der Waals surface area (Å²) in [5.41, 5.74) is 0. The largest absolute Gasteiger partial charge is 0.338 e. The van der Waals surface area contributed by atoms with Crippen molar-refractivity contribution < 1.29 is 4.79 Å². The summed E-state index contributed by atoms with van der Waals surface area (Å²) in [6.45, 7) is 5.64. The van der Waals surface area contributed by atoms with Crippen LogP contribution in [0.15, 0.2) is 0 Å². The van der Waals surface area contributed by atoms with Crippen molar-refractivity contribution in [2.45, 2.75) is 52.4 Å². The van der Waals surface area contributed by atoms with Crippen molar-refractivity contribution in [1.82, 2.24) is 10.6 Å². The first kappa shape index (κ1) is 13.3. The lowest BCUT2D eigenvalue weighted by molar-refractivity contribution is 0.241.